The van der Waals surface area contributed by atoms with Gasteiger partial charge in [0, 0.05) is 29.7 Å². The number of ether oxygens (including phenoxy) is 2. The average molecular weight is 343 g/mol. The lowest BCUT2D eigenvalue weighted by Crippen LogP contribution is -2.42. The predicted octanol–water partition coefficient (Wildman–Crippen LogP) is 3.74. The molecule has 1 aromatic carbocycles. The Morgan fingerprint density at radius 2 is 2.04 bits per heavy atom. The number of hydrogen-bond donors (Lipinski definition) is 2. The van der Waals surface area contributed by atoms with Gasteiger partial charge in [-0.2, -0.15) is 0 Å². The van der Waals surface area contributed by atoms with Crippen LogP contribution in [-0.4, -0.2) is 31.4 Å². The Balaban J connectivity index is 2.51. The number of methoxy groups -OCH3 is 1. The topological polar surface area (TPSA) is 59.6 Å². The van der Waals surface area contributed by atoms with Crippen LogP contribution in [-0.2, 0) is 11.3 Å². The number of halogens is 1. The van der Waals surface area contributed by atoms with E-state index in [4.69, 9.17) is 21.1 Å². The summed E-state index contributed by atoms with van der Waals surface area (Å²) in [5.74, 6) is 0.789. The highest BCUT2D eigenvalue weighted by Crippen LogP contribution is 2.22. The molecule has 23 heavy (non-hydrogen) atoms. The van der Waals surface area contributed by atoms with Gasteiger partial charge in [-0.25, -0.2) is 4.79 Å². The number of alkyl carbamates (subject to hydrolysis) is 1. The van der Waals surface area contributed by atoms with Crippen LogP contribution < -0.4 is 15.4 Å². The Morgan fingerprint density at radius 3 is 2.61 bits per heavy atom. The normalized spacial score (nSPS) is 12.6. The lowest BCUT2D eigenvalue weighted by molar-refractivity contribution is 0.0522. The van der Waals surface area contributed by atoms with E-state index in [2.05, 4.69) is 17.6 Å². The maximum absolute atomic E-state index is 11.7. The maximum Gasteiger partial charge on any atom is 0.407 e. The molecule has 0 spiro atoms. The third-order valence-electron chi connectivity index (χ3n) is 3.21. The van der Waals surface area contributed by atoms with Crippen molar-refractivity contribution < 1.29 is 14.3 Å². The molecule has 0 radical (unpaired) electrons. The number of carbonyl (C=O) groups is 1. The lowest BCUT2D eigenvalue weighted by Gasteiger charge is -2.22. The number of carbonyl (C=O) groups excluding carboxylic acids is 1. The second kappa shape index (κ2) is 8.99. The van der Waals surface area contributed by atoms with E-state index in [1.54, 1.807) is 13.2 Å². The Bertz CT molecular complexity index is 515. The van der Waals surface area contributed by atoms with Gasteiger partial charge in [-0.15, -0.1) is 0 Å². The molecule has 2 N–H and O–H groups in total. The van der Waals surface area contributed by atoms with Crippen LogP contribution in [0.5, 0.6) is 5.75 Å². The summed E-state index contributed by atoms with van der Waals surface area (Å²) in [5.41, 5.74) is 0.489. The molecule has 0 aliphatic heterocycles. The standard InChI is InChI=1S/C17H27ClN2O3/c1-6-14(11-20-16(21)23-17(2,3)4)19-10-12-9-13(18)7-8-15(12)22-5/h7-9,14,19H,6,10-11H2,1-5H3,(H,20,21). The van der Waals surface area contributed by atoms with Crippen molar-refractivity contribution in [1.82, 2.24) is 10.6 Å². The first-order chi connectivity index (χ1) is 10.7. The molecule has 0 aromatic heterocycles. The first-order valence-corrected chi connectivity index (χ1v) is 8.15. The summed E-state index contributed by atoms with van der Waals surface area (Å²) in [5, 5.41) is 6.85. The van der Waals surface area contributed by atoms with Crippen LogP contribution in [0.15, 0.2) is 18.2 Å². The minimum atomic E-state index is -0.493. The van der Waals surface area contributed by atoms with E-state index in [9.17, 15) is 4.79 Å². The largest absolute Gasteiger partial charge is 0.496 e. The predicted molar refractivity (Wildman–Crippen MR) is 93.2 cm³/mol. The third kappa shape index (κ3) is 7.57. The zero-order valence-corrected chi connectivity index (χ0v) is 15.3. The van der Waals surface area contributed by atoms with E-state index >= 15 is 0 Å². The second-order valence-electron chi connectivity index (χ2n) is 6.33. The summed E-state index contributed by atoms with van der Waals surface area (Å²) in [7, 11) is 1.63. The van der Waals surface area contributed by atoms with Crippen molar-refractivity contribution >= 4 is 17.7 Å². The van der Waals surface area contributed by atoms with Gasteiger partial charge < -0.3 is 20.1 Å². The highest BCUT2D eigenvalue weighted by Gasteiger charge is 2.17. The van der Waals surface area contributed by atoms with E-state index in [0.717, 1.165) is 17.7 Å². The Kier molecular flexibility index (Phi) is 7.65. The molecule has 0 aliphatic rings. The van der Waals surface area contributed by atoms with E-state index in [1.807, 2.05) is 32.9 Å². The zero-order valence-electron chi connectivity index (χ0n) is 14.5. The summed E-state index contributed by atoms with van der Waals surface area (Å²) >= 11 is 6.03. The third-order valence-corrected chi connectivity index (χ3v) is 3.44. The molecule has 1 aromatic rings. The van der Waals surface area contributed by atoms with Crippen molar-refractivity contribution in [1.29, 1.82) is 0 Å². The fraction of sp³-hybridized carbons (Fsp3) is 0.588. The van der Waals surface area contributed by atoms with Crippen LogP contribution >= 0.6 is 11.6 Å². The van der Waals surface area contributed by atoms with Crippen LogP contribution in [0, 0.1) is 0 Å². The summed E-state index contributed by atoms with van der Waals surface area (Å²) in [4.78, 5) is 11.7. The summed E-state index contributed by atoms with van der Waals surface area (Å²) in [6.45, 7) is 8.69. The van der Waals surface area contributed by atoms with Gasteiger partial charge in [0.2, 0.25) is 0 Å². The highest BCUT2D eigenvalue weighted by molar-refractivity contribution is 6.30. The van der Waals surface area contributed by atoms with Gasteiger partial charge in [-0.3, -0.25) is 0 Å². The molecule has 1 unspecified atom stereocenters. The van der Waals surface area contributed by atoms with E-state index < -0.39 is 11.7 Å². The molecule has 0 fully saturated rings. The van der Waals surface area contributed by atoms with Crippen molar-refractivity contribution in [2.75, 3.05) is 13.7 Å². The van der Waals surface area contributed by atoms with Gasteiger partial charge in [0.1, 0.15) is 11.4 Å². The van der Waals surface area contributed by atoms with E-state index in [0.29, 0.717) is 18.1 Å². The molecule has 0 heterocycles. The molecule has 130 valence electrons. The van der Waals surface area contributed by atoms with Gasteiger partial charge in [0.15, 0.2) is 0 Å². The number of amides is 1. The maximum atomic E-state index is 11.7. The molecule has 5 nitrogen and oxygen atoms in total. The second-order valence-corrected chi connectivity index (χ2v) is 6.76. The van der Waals surface area contributed by atoms with Crippen molar-refractivity contribution in [2.45, 2.75) is 52.3 Å². The monoisotopic (exact) mass is 342 g/mol. The van der Waals surface area contributed by atoms with E-state index in [-0.39, 0.29) is 6.04 Å². The van der Waals surface area contributed by atoms with Gasteiger partial charge >= 0.3 is 6.09 Å². The number of benzene rings is 1. The van der Waals surface area contributed by atoms with Gasteiger partial charge in [0.25, 0.3) is 0 Å². The van der Waals surface area contributed by atoms with Crippen LogP contribution in [0.4, 0.5) is 4.79 Å². The molecule has 6 heteroatoms. The molecular formula is C17H27ClN2O3. The molecule has 1 amide bonds. The fourth-order valence-electron chi connectivity index (χ4n) is 2.02. The molecule has 1 rings (SSSR count). The van der Waals surface area contributed by atoms with E-state index in [1.165, 1.54) is 0 Å². The van der Waals surface area contributed by atoms with Gasteiger partial charge in [-0.1, -0.05) is 18.5 Å². The Labute approximate surface area is 143 Å². The molecular weight excluding hydrogens is 316 g/mol. The van der Waals surface area contributed by atoms with Crippen molar-refractivity contribution in [3.8, 4) is 5.75 Å². The first-order valence-electron chi connectivity index (χ1n) is 7.77. The average Bonchev–Trinajstić information content (AvgIpc) is 2.45. The fourth-order valence-corrected chi connectivity index (χ4v) is 2.22. The van der Waals surface area contributed by atoms with Gasteiger partial charge in [-0.05, 0) is 45.4 Å². The smallest absolute Gasteiger partial charge is 0.407 e. The highest BCUT2D eigenvalue weighted by atomic mass is 35.5. The lowest BCUT2D eigenvalue weighted by atomic mass is 10.1. The SMILES string of the molecule is CCC(CNC(=O)OC(C)(C)C)NCc1cc(Cl)ccc1OC. The Hall–Kier alpha value is -1.46. The minimum absolute atomic E-state index is 0.131. The molecule has 1 atom stereocenters. The number of rotatable bonds is 7. The summed E-state index contributed by atoms with van der Waals surface area (Å²) in [6.07, 6.45) is 0.469. The van der Waals surface area contributed by atoms with Crippen molar-refractivity contribution in [2.24, 2.45) is 0 Å². The van der Waals surface area contributed by atoms with Crippen LogP contribution in [0.25, 0.3) is 0 Å². The molecule has 0 saturated carbocycles. The van der Waals surface area contributed by atoms with Crippen LogP contribution in [0.1, 0.15) is 39.7 Å². The number of hydrogen-bond acceptors (Lipinski definition) is 4. The summed E-state index contributed by atoms with van der Waals surface area (Å²) < 4.78 is 10.6. The quantitative estimate of drug-likeness (QED) is 0.792. The molecule has 0 bridgehead atoms. The number of nitrogens with one attached hydrogen (secondary N) is 2. The minimum Gasteiger partial charge on any atom is -0.496 e. The zero-order chi connectivity index (χ0) is 17.5. The van der Waals surface area contributed by atoms with Crippen LogP contribution in [0.3, 0.4) is 0 Å². The summed E-state index contributed by atoms with van der Waals surface area (Å²) in [6, 6.07) is 5.65. The van der Waals surface area contributed by atoms with Crippen LogP contribution in [0.2, 0.25) is 5.02 Å². The molecule has 0 saturated heterocycles. The van der Waals surface area contributed by atoms with Crippen molar-refractivity contribution in [3.63, 3.8) is 0 Å². The molecule has 0 aliphatic carbocycles. The first kappa shape index (κ1) is 19.6. The van der Waals surface area contributed by atoms with Crippen molar-refractivity contribution in [3.05, 3.63) is 28.8 Å². The Morgan fingerprint density at radius 1 is 1.35 bits per heavy atom. The van der Waals surface area contributed by atoms with Gasteiger partial charge in [0.05, 0.1) is 7.11 Å².